The smallest absolute Gasteiger partial charge is 0.378 e. The molecule has 0 atom stereocenters. The third-order valence-electron chi connectivity index (χ3n) is 1.91. The molecule has 0 aliphatic heterocycles. The fourth-order valence-corrected chi connectivity index (χ4v) is 2.11. The van der Waals surface area contributed by atoms with E-state index in [9.17, 15) is 30.4 Å². The number of hydrogen-bond acceptors (Lipinski definition) is 4. The number of rotatable bonds is 4. The topological polar surface area (TPSA) is 43.4 Å². The van der Waals surface area contributed by atoms with Gasteiger partial charge in [0.25, 0.3) is 0 Å². The number of thioether (sulfide) groups is 1. The summed E-state index contributed by atoms with van der Waals surface area (Å²) in [6, 6.07) is 4.61. The van der Waals surface area contributed by atoms with E-state index in [1.807, 2.05) is 0 Å². The second kappa shape index (κ2) is 5.16. The summed E-state index contributed by atoms with van der Waals surface area (Å²) in [5.41, 5.74) is 0. The first-order chi connectivity index (χ1) is 8.51. The van der Waals surface area contributed by atoms with Crippen molar-refractivity contribution < 1.29 is 34.6 Å². The maximum absolute atomic E-state index is 12.7. The molecule has 108 valence electrons. The lowest BCUT2D eigenvalue weighted by molar-refractivity contribution is -0.243. The Morgan fingerprint density at radius 2 is 1.53 bits per heavy atom. The fourth-order valence-electron chi connectivity index (χ4n) is 0.952. The Balaban J connectivity index is 3.03. The zero-order chi connectivity index (χ0) is 14.9. The van der Waals surface area contributed by atoms with Crippen LogP contribution in [0.2, 0.25) is 0 Å². The van der Waals surface area contributed by atoms with Gasteiger partial charge in [-0.2, -0.15) is 30.4 Å². The molecule has 1 aromatic rings. The van der Waals surface area contributed by atoms with Gasteiger partial charge in [0, 0.05) is 4.90 Å². The monoisotopic (exact) mass is 322 g/mol. The highest BCUT2D eigenvalue weighted by molar-refractivity contribution is 7.98. The predicted octanol–water partition coefficient (Wildman–Crippen LogP) is 3.27. The van der Waals surface area contributed by atoms with Crippen molar-refractivity contribution in [2.45, 2.75) is 16.3 Å². The highest BCUT2D eigenvalue weighted by Gasteiger charge is 2.69. The Morgan fingerprint density at radius 3 is 1.89 bits per heavy atom. The summed E-state index contributed by atoms with van der Waals surface area (Å²) in [4.78, 5) is 0.660. The van der Waals surface area contributed by atoms with Crippen LogP contribution in [-0.2, 0) is 10.1 Å². The Labute approximate surface area is 109 Å². The Bertz CT molecular complexity index is 536. The average molecular weight is 322 g/mol. The largest absolute Gasteiger partial charge is 0.475 e. The number of benzene rings is 1. The van der Waals surface area contributed by atoms with Crippen LogP contribution in [0.15, 0.2) is 29.2 Å². The SMILES string of the molecule is CSc1ccc(OS(=O)(=O)C(F)(F)C(F)(F)F)cc1. The minimum Gasteiger partial charge on any atom is -0.378 e. The normalized spacial score (nSPS) is 13.4. The van der Waals surface area contributed by atoms with Crippen LogP contribution in [0.3, 0.4) is 0 Å². The van der Waals surface area contributed by atoms with Crippen LogP contribution in [0.1, 0.15) is 0 Å². The summed E-state index contributed by atoms with van der Waals surface area (Å²) in [5.74, 6) is -0.623. The Hall–Kier alpha value is -1.03. The summed E-state index contributed by atoms with van der Waals surface area (Å²) >= 11 is 1.27. The van der Waals surface area contributed by atoms with Crippen LogP contribution in [-0.4, -0.2) is 26.1 Å². The van der Waals surface area contributed by atoms with Gasteiger partial charge < -0.3 is 4.18 Å². The summed E-state index contributed by atoms with van der Waals surface area (Å²) in [6.07, 6.45) is -4.55. The maximum atomic E-state index is 12.7. The molecular formula is C9H7F5O3S2. The standard InChI is InChI=1S/C9H7F5O3S2/c1-18-7-4-2-6(3-5-7)17-19(15,16)9(13,14)8(10,11)12/h2-5H,1H3. The van der Waals surface area contributed by atoms with Crippen molar-refractivity contribution in [1.29, 1.82) is 0 Å². The molecule has 1 rings (SSSR count). The lowest BCUT2D eigenvalue weighted by Gasteiger charge is -2.19. The minimum atomic E-state index is -6.24. The lowest BCUT2D eigenvalue weighted by atomic mass is 10.3. The second-order valence-electron chi connectivity index (χ2n) is 3.23. The van der Waals surface area contributed by atoms with E-state index in [1.165, 1.54) is 23.9 Å². The van der Waals surface area contributed by atoms with E-state index in [4.69, 9.17) is 0 Å². The maximum Gasteiger partial charge on any atom is 0.475 e. The molecule has 10 heteroatoms. The third-order valence-corrected chi connectivity index (χ3v) is 3.92. The van der Waals surface area contributed by atoms with Crippen molar-refractivity contribution in [3.05, 3.63) is 24.3 Å². The highest BCUT2D eigenvalue weighted by atomic mass is 32.2. The number of halogens is 5. The summed E-state index contributed by atoms with van der Waals surface area (Å²) in [5, 5.41) is -5.97. The minimum absolute atomic E-state index is 0.623. The van der Waals surface area contributed by atoms with Crippen LogP contribution in [0, 0.1) is 0 Å². The van der Waals surface area contributed by atoms with E-state index >= 15 is 0 Å². The van der Waals surface area contributed by atoms with Gasteiger partial charge in [-0.1, -0.05) is 0 Å². The molecule has 0 aliphatic rings. The van der Waals surface area contributed by atoms with Crippen LogP contribution >= 0.6 is 11.8 Å². The van der Waals surface area contributed by atoms with Gasteiger partial charge in [-0.05, 0) is 30.5 Å². The molecular weight excluding hydrogens is 315 g/mol. The lowest BCUT2D eigenvalue weighted by Crippen LogP contribution is -2.46. The van der Waals surface area contributed by atoms with E-state index in [2.05, 4.69) is 4.18 Å². The molecule has 0 aliphatic carbocycles. The third kappa shape index (κ3) is 3.30. The molecule has 3 nitrogen and oxygen atoms in total. The predicted molar refractivity (Wildman–Crippen MR) is 58.8 cm³/mol. The van der Waals surface area contributed by atoms with Crippen molar-refractivity contribution in [3.63, 3.8) is 0 Å². The highest BCUT2D eigenvalue weighted by Crippen LogP contribution is 2.40. The molecule has 0 amide bonds. The number of hydrogen-bond donors (Lipinski definition) is 0. The molecule has 0 spiro atoms. The number of alkyl halides is 5. The van der Waals surface area contributed by atoms with Gasteiger partial charge in [0.15, 0.2) is 0 Å². The summed E-state index contributed by atoms with van der Waals surface area (Å²) < 4.78 is 86.8. The fraction of sp³-hybridized carbons (Fsp3) is 0.333. The van der Waals surface area contributed by atoms with Crippen molar-refractivity contribution >= 4 is 21.9 Å². The molecule has 0 heterocycles. The molecule has 0 unspecified atom stereocenters. The zero-order valence-corrected chi connectivity index (χ0v) is 10.9. The quantitative estimate of drug-likeness (QED) is 0.485. The van der Waals surface area contributed by atoms with Crippen molar-refractivity contribution in [2.24, 2.45) is 0 Å². The van der Waals surface area contributed by atoms with Gasteiger partial charge in [0.2, 0.25) is 0 Å². The van der Waals surface area contributed by atoms with Gasteiger partial charge >= 0.3 is 21.5 Å². The van der Waals surface area contributed by atoms with Crippen LogP contribution in [0.4, 0.5) is 22.0 Å². The molecule has 0 radical (unpaired) electrons. The Kier molecular flexibility index (Phi) is 4.35. The first kappa shape index (κ1) is 16.0. The van der Waals surface area contributed by atoms with Crippen LogP contribution in [0.25, 0.3) is 0 Å². The Morgan fingerprint density at radius 1 is 1.05 bits per heavy atom. The molecule has 0 fully saturated rings. The van der Waals surface area contributed by atoms with Gasteiger partial charge in [0.05, 0.1) is 0 Å². The van der Waals surface area contributed by atoms with E-state index in [0.29, 0.717) is 4.90 Å². The van der Waals surface area contributed by atoms with Crippen molar-refractivity contribution in [2.75, 3.05) is 6.26 Å². The van der Waals surface area contributed by atoms with Gasteiger partial charge in [-0.25, -0.2) is 0 Å². The van der Waals surface area contributed by atoms with E-state index in [1.54, 1.807) is 6.26 Å². The van der Waals surface area contributed by atoms with Crippen LogP contribution < -0.4 is 4.18 Å². The average Bonchev–Trinajstić information content (AvgIpc) is 2.28. The molecule has 0 saturated carbocycles. The molecule has 0 aromatic heterocycles. The zero-order valence-electron chi connectivity index (χ0n) is 9.24. The molecule has 0 bridgehead atoms. The van der Waals surface area contributed by atoms with Gasteiger partial charge in [-0.15, -0.1) is 11.8 Å². The van der Waals surface area contributed by atoms with Gasteiger partial charge in [-0.3, -0.25) is 0 Å². The van der Waals surface area contributed by atoms with Gasteiger partial charge in [0.1, 0.15) is 5.75 Å². The molecule has 1 aromatic carbocycles. The molecule has 0 saturated heterocycles. The first-order valence-corrected chi connectivity index (χ1v) is 7.17. The molecule has 19 heavy (non-hydrogen) atoms. The van der Waals surface area contributed by atoms with Crippen LogP contribution in [0.5, 0.6) is 5.75 Å². The van der Waals surface area contributed by atoms with E-state index < -0.39 is 27.3 Å². The first-order valence-electron chi connectivity index (χ1n) is 4.54. The molecule has 0 N–H and O–H groups in total. The van der Waals surface area contributed by atoms with Crippen molar-refractivity contribution in [1.82, 2.24) is 0 Å². The van der Waals surface area contributed by atoms with E-state index in [0.717, 1.165) is 12.1 Å². The summed E-state index contributed by atoms with van der Waals surface area (Å²) in [7, 11) is -6.16. The second-order valence-corrected chi connectivity index (χ2v) is 5.69. The summed E-state index contributed by atoms with van der Waals surface area (Å²) in [6.45, 7) is 0. The van der Waals surface area contributed by atoms with E-state index in [-0.39, 0.29) is 0 Å². The van der Waals surface area contributed by atoms with Crippen molar-refractivity contribution in [3.8, 4) is 5.75 Å².